The molecule has 0 N–H and O–H groups in total. The zero-order chi connectivity index (χ0) is 18.4. The molecule has 3 heteroatoms. The van der Waals surface area contributed by atoms with Crippen LogP contribution in [0.4, 0.5) is 0 Å². The Morgan fingerprint density at radius 3 is 1.96 bits per heavy atom. The van der Waals surface area contributed by atoms with E-state index in [0.29, 0.717) is 18.9 Å². The fraction of sp³-hybridized carbons (Fsp3) is 0.435. The summed E-state index contributed by atoms with van der Waals surface area (Å²) >= 11 is 0. The van der Waals surface area contributed by atoms with E-state index in [1.54, 1.807) is 0 Å². The molecule has 3 nitrogen and oxygen atoms in total. The number of carbonyl (C=O) groups excluding carboxylic acids is 1. The van der Waals surface area contributed by atoms with Crippen LogP contribution in [0, 0.1) is 19.8 Å². The summed E-state index contributed by atoms with van der Waals surface area (Å²) < 4.78 is 4.92. The smallest absolute Gasteiger partial charge is 0.306 e. The molecule has 0 saturated carbocycles. The summed E-state index contributed by atoms with van der Waals surface area (Å²) in [5.74, 6) is 0.326. The van der Waals surface area contributed by atoms with Gasteiger partial charge >= 0.3 is 5.97 Å². The predicted octanol–water partition coefficient (Wildman–Crippen LogP) is 4.30. The van der Waals surface area contributed by atoms with Crippen molar-refractivity contribution in [2.75, 3.05) is 19.7 Å². The lowest BCUT2D eigenvalue weighted by Gasteiger charge is -2.30. The number of cyclic esters (lactones) is 1. The van der Waals surface area contributed by atoms with Gasteiger partial charge in [-0.2, -0.15) is 0 Å². The molecule has 2 aromatic carbocycles. The molecule has 26 heavy (non-hydrogen) atoms. The van der Waals surface area contributed by atoms with E-state index in [1.807, 2.05) is 0 Å². The summed E-state index contributed by atoms with van der Waals surface area (Å²) in [7, 11) is 0. The van der Waals surface area contributed by atoms with Crippen LogP contribution in [-0.4, -0.2) is 30.6 Å². The third-order valence-corrected chi connectivity index (χ3v) is 5.06. The average Bonchev–Trinajstić information content (AvgIpc) is 3.00. The van der Waals surface area contributed by atoms with Crippen molar-refractivity contribution in [1.29, 1.82) is 0 Å². The lowest BCUT2D eigenvalue weighted by atomic mass is 9.98. The van der Waals surface area contributed by atoms with Gasteiger partial charge < -0.3 is 4.74 Å². The highest BCUT2D eigenvalue weighted by atomic mass is 16.5. The number of rotatable bonds is 4. The number of nitrogens with zero attached hydrogens (tertiary/aromatic N) is 1. The van der Waals surface area contributed by atoms with E-state index in [1.165, 1.54) is 41.8 Å². The first-order valence-corrected chi connectivity index (χ1v) is 9.57. The molecule has 1 unspecified atom stereocenters. The fourth-order valence-electron chi connectivity index (χ4n) is 3.24. The van der Waals surface area contributed by atoms with Gasteiger partial charge in [0, 0.05) is 12.5 Å². The number of hydrogen-bond donors (Lipinski definition) is 0. The van der Waals surface area contributed by atoms with Crippen molar-refractivity contribution in [3.63, 3.8) is 0 Å². The second-order valence-corrected chi connectivity index (χ2v) is 7.56. The summed E-state index contributed by atoms with van der Waals surface area (Å²) in [4.78, 5) is 13.4. The van der Waals surface area contributed by atoms with Crippen molar-refractivity contribution in [2.45, 2.75) is 39.7 Å². The third-order valence-electron chi connectivity index (χ3n) is 5.06. The number of aryl methyl sites for hydroxylation is 2. The lowest BCUT2D eigenvalue weighted by molar-refractivity contribution is -0.137. The molecule has 138 valence electrons. The minimum atomic E-state index is -0.0536. The molecule has 0 radical (unpaired) electrons. The summed E-state index contributed by atoms with van der Waals surface area (Å²) in [6.45, 7) is 8.51. The van der Waals surface area contributed by atoms with Crippen LogP contribution in [0.15, 0.2) is 48.5 Å². The van der Waals surface area contributed by atoms with Gasteiger partial charge in [0.25, 0.3) is 0 Å². The minimum absolute atomic E-state index is 0.0536. The summed E-state index contributed by atoms with van der Waals surface area (Å²) in [5, 5.41) is 0. The Kier molecular flexibility index (Phi) is 6.45. The van der Waals surface area contributed by atoms with Crippen LogP contribution >= 0.6 is 0 Å². The minimum Gasteiger partial charge on any atom is -0.465 e. The van der Waals surface area contributed by atoms with Gasteiger partial charge in [-0.25, -0.2) is 0 Å². The van der Waals surface area contributed by atoms with Gasteiger partial charge in [-0.3, -0.25) is 9.69 Å². The van der Waals surface area contributed by atoms with Crippen molar-refractivity contribution in [3.05, 3.63) is 70.8 Å². The first kappa shape index (κ1) is 18.7. The van der Waals surface area contributed by atoms with Crippen LogP contribution in [0.5, 0.6) is 0 Å². The Labute approximate surface area is 157 Å². The number of ether oxygens (including phenoxy) is 1. The van der Waals surface area contributed by atoms with Crippen molar-refractivity contribution >= 4 is 5.97 Å². The van der Waals surface area contributed by atoms with Crippen LogP contribution in [0.1, 0.15) is 35.1 Å². The first-order chi connectivity index (χ1) is 12.6. The number of esters is 1. The monoisotopic (exact) mass is 351 g/mol. The van der Waals surface area contributed by atoms with E-state index in [-0.39, 0.29) is 5.97 Å². The second-order valence-electron chi connectivity index (χ2n) is 7.56. The topological polar surface area (TPSA) is 29.5 Å². The molecule has 0 aromatic heterocycles. The molecule has 0 spiro atoms. The molecule has 4 rings (SSSR count). The number of hydrogen-bond acceptors (Lipinski definition) is 3. The van der Waals surface area contributed by atoms with Gasteiger partial charge in [0.1, 0.15) is 0 Å². The van der Waals surface area contributed by atoms with Crippen LogP contribution in [-0.2, 0) is 22.5 Å². The van der Waals surface area contributed by atoms with Crippen LogP contribution in [0.2, 0.25) is 0 Å². The van der Waals surface area contributed by atoms with Crippen LogP contribution < -0.4 is 0 Å². The Morgan fingerprint density at radius 1 is 0.923 bits per heavy atom. The van der Waals surface area contributed by atoms with E-state index in [2.05, 4.69) is 67.3 Å². The van der Waals surface area contributed by atoms with Gasteiger partial charge in [0.2, 0.25) is 0 Å². The largest absolute Gasteiger partial charge is 0.465 e. The maximum Gasteiger partial charge on any atom is 0.306 e. The van der Waals surface area contributed by atoms with Crippen molar-refractivity contribution in [2.24, 2.45) is 5.92 Å². The molecular weight excluding hydrogens is 322 g/mol. The molecule has 2 aromatic rings. The van der Waals surface area contributed by atoms with Gasteiger partial charge in [0.15, 0.2) is 0 Å². The zero-order valence-electron chi connectivity index (χ0n) is 15.9. The van der Waals surface area contributed by atoms with Gasteiger partial charge in [-0.15, -0.1) is 0 Å². The van der Waals surface area contributed by atoms with E-state index < -0.39 is 0 Å². The van der Waals surface area contributed by atoms with E-state index in [9.17, 15) is 4.79 Å². The Morgan fingerprint density at radius 2 is 1.50 bits per heavy atom. The third kappa shape index (κ3) is 5.70. The molecule has 1 atom stereocenters. The highest BCUT2D eigenvalue weighted by Crippen LogP contribution is 2.19. The van der Waals surface area contributed by atoms with Crippen molar-refractivity contribution in [3.8, 4) is 0 Å². The highest BCUT2D eigenvalue weighted by Gasteiger charge is 2.23. The standard InChI is InChI=1S/C12H14O2.C11H15N/c1-9-2-4-10(5-3-9)6-11-7-12(13)14-8-11;1-10-3-5-11(6-4-10)9-12-7-2-8-12/h2-5,11H,6-8H2,1H3;3-6H,2,7-9H2,1H3. The SMILES string of the molecule is Cc1ccc(CC2COC(=O)C2)cc1.Cc1ccc(CN2CCC2)cc1. The predicted molar refractivity (Wildman–Crippen MR) is 105 cm³/mol. The molecule has 2 aliphatic rings. The molecule has 2 aliphatic heterocycles. The Bertz CT molecular complexity index is 702. The number of benzene rings is 2. The van der Waals surface area contributed by atoms with Gasteiger partial charge in [-0.1, -0.05) is 59.7 Å². The summed E-state index contributed by atoms with van der Waals surface area (Å²) in [6, 6.07) is 17.3. The quantitative estimate of drug-likeness (QED) is 0.769. The Hall–Kier alpha value is -2.13. The molecule has 0 amide bonds. The number of carbonyl (C=O) groups is 1. The maximum absolute atomic E-state index is 10.9. The van der Waals surface area contributed by atoms with Crippen LogP contribution in [0.3, 0.4) is 0 Å². The maximum atomic E-state index is 10.9. The van der Waals surface area contributed by atoms with Crippen LogP contribution in [0.25, 0.3) is 0 Å². The zero-order valence-corrected chi connectivity index (χ0v) is 15.9. The molecule has 0 bridgehead atoms. The average molecular weight is 351 g/mol. The summed E-state index contributed by atoms with van der Waals surface area (Å²) in [5.41, 5.74) is 5.36. The van der Waals surface area contributed by atoms with E-state index >= 15 is 0 Å². The van der Waals surface area contributed by atoms with Crippen molar-refractivity contribution in [1.82, 2.24) is 4.90 Å². The molecule has 2 saturated heterocycles. The summed E-state index contributed by atoms with van der Waals surface area (Å²) in [6.07, 6.45) is 2.91. The number of likely N-dealkylation sites (tertiary alicyclic amines) is 1. The normalized spacial score (nSPS) is 19.3. The molecule has 2 fully saturated rings. The van der Waals surface area contributed by atoms with Gasteiger partial charge in [-0.05, 0) is 50.9 Å². The molecular formula is C23H29NO2. The second kappa shape index (κ2) is 9.00. The fourth-order valence-corrected chi connectivity index (χ4v) is 3.24. The van der Waals surface area contributed by atoms with Gasteiger partial charge in [0.05, 0.1) is 13.0 Å². The van der Waals surface area contributed by atoms with E-state index in [0.717, 1.165) is 13.0 Å². The highest BCUT2D eigenvalue weighted by molar-refractivity contribution is 5.71. The first-order valence-electron chi connectivity index (χ1n) is 9.57. The Balaban J connectivity index is 0.000000152. The van der Waals surface area contributed by atoms with Crippen molar-refractivity contribution < 1.29 is 9.53 Å². The molecule has 0 aliphatic carbocycles. The van der Waals surface area contributed by atoms with E-state index in [4.69, 9.17) is 4.74 Å². The lowest BCUT2D eigenvalue weighted by Crippen LogP contribution is -2.36. The molecule has 2 heterocycles.